The van der Waals surface area contributed by atoms with Gasteiger partial charge in [-0.15, -0.1) is 0 Å². The maximum absolute atomic E-state index is 12.1. The summed E-state index contributed by atoms with van der Waals surface area (Å²) in [7, 11) is 0. The number of aromatic nitrogens is 2. The van der Waals surface area contributed by atoms with Gasteiger partial charge >= 0.3 is 5.16 Å². The van der Waals surface area contributed by atoms with Gasteiger partial charge in [-0.1, -0.05) is 17.7 Å². The molecule has 0 bridgehead atoms. The first kappa shape index (κ1) is 14.2. The van der Waals surface area contributed by atoms with Crippen molar-refractivity contribution in [3.05, 3.63) is 58.6 Å². The van der Waals surface area contributed by atoms with Gasteiger partial charge in [-0.25, -0.2) is 9.97 Å². The van der Waals surface area contributed by atoms with Crippen LogP contribution in [0.25, 0.3) is 11.0 Å². The monoisotopic (exact) mass is 317 g/mol. The molecule has 0 fully saturated rings. The van der Waals surface area contributed by atoms with Gasteiger partial charge in [0.25, 0.3) is 0 Å². The van der Waals surface area contributed by atoms with Crippen molar-refractivity contribution in [3.8, 4) is 0 Å². The van der Waals surface area contributed by atoms with Crippen molar-refractivity contribution in [3.63, 3.8) is 0 Å². The van der Waals surface area contributed by atoms with E-state index in [-0.39, 0.29) is 5.78 Å². The zero-order valence-electron chi connectivity index (χ0n) is 11.4. The molecule has 0 aliphatic heterocycles. The standard InChI is InChI=1S/C16H13ClN2OS/c1-10-2-7-13-14(8-10)19-16(18-13)21-9-15(20)11-3-5-12(17)6-4-11/h2-8H,9H2,1H3,(H,18,19)/p+1. The molecule has 2 aromatic carbocycles. The predicted molar refractivity (Wildman–Crippen MR) is 86.1 cm³/mol. The number of nitrogens with one attached hydrogen (secondary N) is 2. The van der Waals surface area contributed by atoms with Crippen molar-refractivity contribution < 1.29 is 9.78 Å². The fraction of sp³-hybridized carbons (Fsp3) is 0.125. The quantitative estimate of drug-likeness (QED) is 0.585. The summed E-state index contributed by atoms with van der Waals surface area (Å²) in [5, 5.41) is 1.52. The van der Waals surface area contributed by atoms with Gasteiger partial charge in [-0.05, 0) is 60.6 Å². The summed E-state index contributed by atoms with van der Waals surface area (Å²) < 4.78 is 0. The van der Waals surface area contributed by atoms with Crippen LogP contribution < -0.4 is 4.98 Å². The second kappa shape index (κ2) is 5.92. The summed E-state index contributed by atoms with van der Waals surface area (Å²) in [6.45, 7) is 2.05. The first-order valence-corrected chi connectivity index (χ1v) is 7.91. The molecular formula is C16H14ClN2OS+. The van der Waals surface area contributed by atoms with Crippen molar-refractivity contribution in [1.29, 1.82) is 0 Å². The fourth-order valence-electron chi connectivity index (χ4n) is 2.08. The Balaban J connectivity index is 1.71. The number of hydrogen-bond acceptors (Lipinski definition) is 2. The number of carbonyl (C=O) groups excluding carboxylic acids is 1. The van der Waals surface area contributed by atoms with Crippen LogP contribution in [0.3, 0.4) is 0 Å². The minimum absolute atomic E-state index is 0.0832. The molecule has 0 radical (unpaired) electrons. The lowest BCUT2D eigenvalue weighted by molar-refractivity contribution is -0.396. The number of fused-ring (bicyclic) bond motifs is 1. The molecule has 0 amide bonds. The van der Waals surface area contributed by atoms with E-state index in [0.29, 0.717) is 16.3 Å². The molecule has 3 nitrogen and oxygen atoms in total. The van der Waals surface area contributed by atoms with Crippen molar-refractivity contribution in [2.45, 2.75) is 12.1 Å². The van der Waals surface area contributed by atoms with Crippen LogP contribution in [-0.2, 0) is 0 Å². The summed E-state index contributed by atoms with van der Waals surface area (Å²) in [4.78, 5) is 18.7. The number of aryl methyl sites for hydroxylation is 1. The SMILES string of the molecule is Cc1ccc2[nH+]c(SCC(=O)c3ccc(Cl)cc3)[nH]c2c1. The lowest BCUT2D eigenvalue weighted by atomic mass is 10.1. The molecular weight excluding hydrogens is 304 g/mol. The van der Waals surface area contributed by atoms with Gasteiger partial charge in [0, 0.05) is 10.6 Å². The van der Waals surface area contributed by atoms with Crippen molar-refractivity contribution in [2.24, 2.45) is 0 Å². The Morgan fingerprint density at radius 2 is 2.00 bits per heavy atom. The Labute approximate surface area is 131 Å². The number of Topliss-reactive ketones (excluding diaryl/α,β-unsaturated/α-hetero) is 1. The maximum atomic E-state index is 12.1. The molecule has 2 N–H and O–H groups in total. The Kier molecular flexibility index (Phi) is 3.99. The van der Waals surface area contributed by atoms with Gasteiger partial charge in [0.15, 0.2) is 16.8 Å². The van der Waals surface area contributed by atoms with Crippen LogP contribution in [-0.4, -0.2) is 16.5 Å². The molecule has 0 unspecified atom stereocenters. The minimum atomic E-state index is 0.0832. The number of rotatable bonds is 4. The average molecular weight is 318 g/mol. The van der Waals surface area contributed by atoms with E-state index in [9.17, 15) is 4.79 Å². The Morgan fingerprint density at radius 3 is 2.76 bits per heavy atom. The van der Waals surface area contributed by atoms with Gasteiger partial charge in [-0.2, -0.15) is 0 Å². The molecule has 1 heterocycles. The predicted octanol–water partition coefficient (Wildman–Crippen LogP) is 3.92. The molecule has 0 saturated carbocycles. The van der Waals surface area contributed by atoms with Gasteiger partial charge in [0.05, 0.1) is 5.75 Å². The zero-order valence-corrected chi connectivity index (χ0v) is 13.0. The molecule has 3 aromatic rings. The van der Waals surface area contributed by atoms with E-state index in [1.165, 1.54) is 17.3 Å². The van der Waals surface area contributed by atoms with E-state index in [0.717, 1.165) is 16.2 Å². The molecule has 21 heavy (non-hydrogen) atoms. The largest absolute Gasteiger partial charge is 0.314 e. The summed E-state index contributed by atoms with van der Waals surface area (Å²) in [5.41, 5.74) is 3.98. The van der Waals surface area contributed by atoms with E-state index in [1.807, 2.05) is 6.07 Å². The summed E-state index contributed by atoms with van der Waals surface area (Å²) in [6, 6.07) is 13.1. The van der Waals surface area contributed by atoms with Crippen LogP contribution in [0.5, 0.6) is 0 Å². The lowest BCUT2D eigenvalue weighted by Crippen LogP contribution is -2.06. The van der Waals surface area contributed by atoms with Crippen LogP contribution in [0.1, 0.15) is 15.9 Å². The molecule has 1 aromatic heterocycles. The molecule has 0 atom stereocenters. The highest BCUT2D eigenvalue weighted by molar-refractivity contribution is 7.99. The zero-order chi connectivity index (χ0) is 14.8. The van der Waals surface area contributed by atoms with Crippen LogP contribution >= 0.6 is 23.4 Å². The van der Waals surface area contributed by atoms with Crippen LogP contribution in [0.15, 0.2) is 47.6 Å². The Hall–Kier alpha value is -1.78. The molecule has 0 saturated heterocycles. The molecule has 3 rings (SSSR count). The third-order valence-electron chi connectivity index (χ3n) is 3.19. The van der Waals surface area contributed by atoms with Crippen LogP contribution in [0, 0.1) is 6.92 Å². The van der Waals surface area contributed by atoms with Crippen LogP contribution in [0.2, 0.25) is 5.02 Å². The number of aromatic amines is 2. The average Bonchev–Trinajstić information content (AvgIpc) is 2.87. The number of benzene rings is 2. The molecule has 0 aliphatic rings. The van der Waals surface area contributed by atoms with Crippen molar-refractivity contribution in [2.75, 3.05) is 5.75 Å². The number of halogens is 1. The number of carbonyl (C=O) groups is 1. The molecule has 5 heteroatoms. The molecule has 106 valence electrons. The number of imidazole rings is 1. The third-order valence-corrected chi connectivity index (χ3v) is 4.34. The van der Waals surface area contributed by atoms with E-state index in [1.54, 1.807) is 24.3 Å². The highest BCUT2D eigenvalue weighted by Gasteiger charge is 2.13. The molecule has 0 spiro atoms. The lowest BCUT2D eigenvalue weighted by Gasteiger charge is -1.98. The van der Waals surface area contributed by atoms with E-state index in [4.69, 9.17) is 11.6 Å². The van der Waals surface area contributed by atoms with Gasteiger partial charge < -0.3 is 0 Å². The Morgan fingerprint density at radius 1 is 1.24 bits per heavy atom. The van der Waals surface area contributed by atoms with E-state index in [2.05, 4.69) is 29.0 Å². The van der Waals surface area contributed by atoms with Crippen molar-refractivity contribution in [1.82, 2.24) is 4.98 Å². The first-order valence-electron chi connectivity index (χ1n) is 6.55. The topological polar surface area (TPSA) is 47.0 Å². The number of ketones is 1. The molecule has 0 aliphatic carbocycles. The van der Waals surface area contributed by atoms with Crippen molar-refractivity contribution >= 4 is 40.2 Å². The Bertz CT molecular complexity index is 796. The number of H-pyrrole nitrogens is 2. The normalized spacial score (nSPS) is 11.0. The maximum Gasteiger partial charge on any atom is 0.314 e. The second-order valence-corrected chi connectivity index (χ2v) is 6.27. The number of hydrogen-bond donors (Lipinski definition) is 1. The smallest absolute Gasteiger partial charge is 0.293 e. The van der Waals surface area contributed by atoms with Gasteiger partial charge in [0.2, 0.25) is 0 Å². The first-order chi connectivity index (χ1) is 10.1. The van der Waals surface area contributed by atoms with E-state index >= 15 is 0 Å². The van der Waals surface area contributed by atoms with Gasteiger partial charge in [0.1, 0.15) is 0 Å². The summed E-state index contributed by atoms with van der Waals surface area (Å²) >= 11 is 7.29. The van der Waals surface area contributed by atoms with Crippen LogP contribution in [0.4, 0.5) is 0 Å². The second-order valence-electron chi connectivity index (χ2n) is 4.85. The fourth-order valence-corrected chi connectivity index (χ4v) is 3.01. The highest BCUT2D eigenvalue weighted by Crippen LogP contribution is 2.18. The summed E-state index contributed by atoms with van der Waals surface area (Å²) in [5.74, 6) is 0.462. The van der Waals surface area contributed by atoms with Gasteiger partial charge in [-0.3, -0.25) is 4.79 Å². The summed E-state index contributed by atoms with van der Waals surface area (Å²) in [6.07, 6.45) is 0. The number of thioether (sulfide) groups is 1. The minimum Gasteiger partial charge on any atom is -0.293 e. The third kappa shape index (κ3) is 3.28. The van der Waals surface area contributed by atoms with E-state index < -0.39 is 0 Å². The highest BCUT2D eigenvalue weighted by atomic mass is 35.5.